The number of ether oxygens (including phenoxy) is 2. The summed E-state index contributed by atoms with van der Waals surface area (Å²) in [5.41, 5.74) is 3.40. The number of aryl methyl sites for hydroxylation is 1. The van der Waals surface area contributed by atoms with Gasteiger partial charge in [-0.05, 0) is 35.6 Å². The molecule has 0 aliphatic carbocycles. The average Bonchev–Trinajstić information content (AvgIpc) is 3.23. The zero-order valence-corrected chi connectivity index (χ0v) is 18.4. The van der Waals surface area contributed by atoms with Crippen LogP contribution in [0.15, 0.2) is 47.0 Å². The Kier molecular flexibility index (Phi) is 7.46. The van der Waals surface area contributed by atoms with Gasteiger partial charge in [-0.3, -0.25) is 0 Å². The largest absolute Gasteiger partial charge is 0.497 e. The maximum atomic E-state index is 5.48. The predicted octanol–water partition coefficient (Wildman–Crippen LogP) is 5.19. The predicted molar refractivity (Wildman–Crippen MR) is 118 cm³/mol. The van der Waals surface area contributed by atoms with E-state index >= 15 is 0 Å². The van der Waals surface area contributed by atoms with Crippen molar-refractivity contribution >= 4 is 0 Å². The van der Waals surface area contributed by atoms with Crippen molar-refractivity contribution in [3.05, 3.63) is 59.5 Å². The quantitative estimate of drug-likeness (QED) is 0.497. The number of hydrogen-bond donors (Lipinski definition) is 1. The Morgan fingerprint density at radius 1 is 1.03 bits per heavy atom. The highest BCUT2D eigenvalue weighted by Crippen LogP contribution is 2.31. The van der Waals surface area contributed by atoms with E-state index in [9.17, 15) is 0 Å². The Hall–Kier alpha value is -2.86. The highest BCUT2D eigenvalue weighted by Gasteiger charge is 2.18. The summed E-state index contributed by atoms with van der Waals surface area (Å²) in [6.45, 7) is 7.11. The molecule has 1 atom stereocenters. The van der Waals surface area contributed by atoms with Gasteiger partial charge in [-0.1, -0.05) is 56.6 Å². The number of nitrogens with one attached hydrogen (secondary N) is 1. The zero-order valence-electron chi connectivity index (χ0n) is 18.4. The van der Waals surface area contributed by atoms with Gasteiger partial charge in [-0.15, -0.1) is 0 Å². The fourth-order valence-corrected chi connectivity index (χ4v) is 3.54. The molecule has 1 heterocycles. The number of methoxy groups -OCH3 is 2. The monoisotopic (exact) mass is 409 g/mol. The summed E-state index contributed by atoms with van der Waals surface area (Å²) in [6, 6.07) is 14.6. The highest BCUT2D eigenvalue weighted by molar-refractivity contribution is 5.65. The van der Waals surface area contributed by atoms with Crippen LogP contribution in [0.1, 0.15) is 50.3 Å². The van der Waals surface area contributed by atoms with Crippen molar-refractivity contribution < 1.29 is 14.0 Å². The van der Waals surface area contributed by atoms with Crippen molar-refractivity contribution in [3.8, 4) is 22.9 Å². The first-order valence-corrected chi connectivity index (χ1v) is 10.4. The molecule has 0 saturated carbocycles. The van der Waals surface area contributed by atoms with Crippen molar-refractivity contribution in [1.82, 2.24) is 15.5 Å². The molecule has 3 rings (SSSR count). The summed E-state index contributed by atoms with van der Waals surface area (Å²) in [4.78, 5) is 4.55. The molecule has 0 amide bonds. The second-order valence-corrected chi connectivity index (χ2v) is 7.67. The lowest BCUT2D eigenvalue weighted by Crippen LogP contribution is -2.25. The molecule has 0 spiro atoms. The van der Waals surface area contributed by atoms with E-state index in [-0.39, 0.29) is 6.04 Å². The topological polar surface area (TPSA) is 69.4 Å². The second-order valence-electron chi connectivity index (χ2n) is 7.67. The van der Waals surface area contributed by atoms with Crippen LogP contribution in [-0.2, 0) is 13.0 Å². The van der Waals surface area contributed by atoms with Gasteiger partial charge in [0.05, 0.1) is 26.3 Å². The minimum absolute atomic E-state index is 0.201. The molecule has 3 aromatic rings. The molecule has 0 radical (unpaired) electrons. The van der Waals surface area contributed by atoms with Gasteiger partial charge in [0.2, 0.25) is 11.7 Å². The normalized spacial score (nSPS) is 12.2. The molecule has 30 heavy (non-hydrogen) atoms. The van der Waals surface area contributed by atoms with E-state index in [0.29, 0.717) is 35.7 Å². The van der Waals surface area contributed by atoms with Crippen molar-refractivity contribution in [2.75, 3.05) is 14.2 Å². The summed E-state index contributed by atoms with van der Waals surface area (Å²) in [5.74, 6) is 2.81. The van der Waals surface area contributed by atoms with Crippen molar-refractivity contribution in [3.63, 3.8) is 0 Å². The highest BCUT2D eigenvalue weighted by atomic mass is 16.5. The number of nitrogens with zero attached hydrogens (tertiary/aromatic N) is 2. The molecule has 1 N–H and O–H groups in total. The molecule has 2 aromatic carbocycles. The van der Waals surface area contributed by atoms with Gasteiger partial charge >= 0.3 is 0 Å². The molecule has 160 valence electrons. The van der Waals surface area contributed by atoms with Crippen LogP contribution in [0.4, 0.5) is 0 Å². The lowest BCUT2D eigenvalue weighted by atomic mass is 9.94. The summed E-state index contributed by atoms with van der Waals surface area (Å²) >= 11 is 0. The molecule has 0 saturated heterocycles. The molecule has 6 heteroatoms. The van der Waals surface area contributed by atoms with Crippen LogP contribution in [-0.4, -0.2) is 24.4 Å². The first-order valence-electron chi connectivity index (χ1n) is 10.4. The average molecular weight is 410 g/mol. The van der Waals surface area contributed by atoms with Gasteiger partial charge in [0.25, 0.3) is 0 Å². The van der Waals surface area contributed by atoms with E-state index in [1.807, 2.05) is 12.1 Å². The van der Waals surface area contributed by atoms with Gasteiger partial charge in [-0.25, -0.2) is 0 Å². The van der Waals surface area contributed by atoms with E-state index in [2.05, 4.69) is 60.5 Å². The van der Waals surface area contributed by atoms with Crippen LogP contribution in [0.3, 0.4) is 0 Å². The molecule has 0 bridgehead atoms. The summed E-state index contributed by atoms with van der Waals surface area (Å²) in [5, 5.41) is 7.70. The van der Waals surface area contributed by atoms with Gasteiger partial charge in [0, 0.05) is 12.1 Å². The minimum atomic E-state index is 0.201. The Morgan fingerprint density at radius 3 is 2.43 bits per heavy atom. The number of aromatic nitrogens is 2. The number of benzene rings is 2. The molecular weight excluding hydrogens is 378 g/mol. The van der Waals surface area contributed by atoms with Crippen LogP contribution < -0.4 is 14.8 Å². The molecule has 6 nitrogen and oxygen atoms in total. The standard InChI is InChI=1S/C24H31N3O3/c1-6-7-17-8-10-18(11-9-17)23(16(2)3)25-15-22-26-24(27-30-22)20-13-12-19(28-4)14-21(20)29-5/h8-14,16,23,25H,6-7,15H2,1-5H3. The van der Waals surface area contributed by atoms with E-state index in [1.165, 1.54) is 11.1 Å². The maximum absolute atomic E-state index is 5.48. The first kappa shape index (κ1) is 21.8. The molecule has 0 aliphatic rings. The fourth-order valence-electron chi connectivity index (χ4n) is 3.54. The Bertz CT molecular complexity index is 935. The fraction of sp³-hybridized carbons (Fsp3) is 0.417. The van der Waals surface area contributed by atoms with Gasteiger partial charge in [0.1, 0.15) is 11.5 Å². The Labute approximate surface area is 178 Å². The lowest BCUT2D eigenvalue weighted by molar-refractivity contribution is 0.337. The van der Waals surface area contributed by atoms with Crippen molar-refractivity contribution in [2.45, 2.75) is 46.2 Å². The SMILES string of the molecule is CCCc1ccc(C(NCc2nc(-c3ccc(OC)cc3OC)no2)C(C)C)cc1. The molecule has 0 aliphatic heterocycles. The van der Waals surface area contributed by atoms with Crippen molar-refractivity contribution in [1.29, 1.82) is 0 Å². The van der Waals surface area contributed by atoms with E-state index in [0.717, 1.165) is 18.4 Å². The molecule has 0 fully saturated rings. The van der Waals surface area contributed by atoms with E-state index in [1.54, 1.807) is 20.3 Å². The summed E-state index contributed by atoms with van der Waals surface area (Å²) in [7, 11) is 3.23. The first-order chi connectivity index (χ1) is 14.5. The second kappa shape index (κ2) is 10.3. The Morgan fingerprint density at radius 2 is 1.80 bits per heavy atom. The Balaban J connectivity index is 1.71. The van der Waals surface area contributed by atoms with Crippen LogP contribution in [0.5, 0.6) is 11.5 Å². The molecular formula is C24H31N3O3. The van der Waals surface area contributed by atoms with Crippen LogP contribution in [0.2, 0.25) is 0 Å². The van der Waals surface area contributed by atoms with Gasteiger partial charge in [-0.2, -0.15) is 4.98 Å². The van der Waals surface area contributed by atoms with Crippen LogP contribution in [0.25, 0.3) is 11.4 Å². The number of hydrogen-bond acceptors (Lipinski definition) is 6. The number of rotatable bonds is 10. The molecule has 1 aromatic heterocycles. The van der Waals surface area contributed by atoms with E-state index < -0.39 is 0 Å². The summed E-state index contributed by atoms with van der Waals surface area (Å²) < 4.78 is 16.2. The maximum Gasteiger partial charge on any atom is 0.240 e. The third-order valence-electron chi connectivity index (χ3n) is 5.14. The van der Waals surface area contributed by atoms with Gasteiger partial charge < -0.3 is 19.3 Å². The third kappa shape index (κ3) is 5.19. The summed E-state index contributed by atoms with van der Waals surface area (Å²) in [6.07, 6.45) is 2.27. The lowest BCUT2D eigenvalue weighted by Gasteiger charge is -2.22. The van der Waals surface area contributed by atoms with Crippen LogP contribution in [0, 0.1) is 5.92 Å². The van der Waals surface area contributed by atoms with Crippen molar-refractivity contribution in [2.24, 2.45) is 5.92 Å². The van der Waals surface area contributed by atoms with E-state index in [4.69, 9.17) is 14.0 Å². The van der Waals surface area contributed by atoms with Crippen LogP contribution >= 0.6 is 0 Å². The molecule has 1 unspecified atom stereocenters. The smallest absolute Gasteiger partial charge is 0.240 e. The third-order valence-corrected chi connectivity index (χ3v) is 5.14. The zero-order chi connectivity index (χ0) is 21.5. The van der Waals surface area contributed by atoms with Gasteiger partial charge in [0.15, 0.2) is 0 Å². The minimum Gasteiger partial charge on any atom is -0.497 e.